The highest BCUT2D eigenvalue weighted by Crippen LogP contribution is 2.51. The zero-order valence-corrected chi connectivity index (χ0v) is 14.8. The fourth-order valence-corrected chi connectivity index (χ4v) is 4.66. The third kappa shape index (κ3) is 3.05. The van der Waals surface area contributed by atoms with Gasteiger partial charge in [0.2, 0.25) is 0 Å². The second kappa shape index (κ2) is 6.41. The molecule has 24 heavy (non-hydrogen) atoms. The Morgan fingerprint density at radius 2 is 2.00 bits per heavy atom. The summed E-state index contributed by atoms with van der Waals surface area (Å²) in [6.45, 7) is 6.27. The van der Waals surface area contributed by atoms with Crippen molar-refractivity contribution < 1.29 is 8.83 Å². The lowest BCUT2D eigenvalue weighted by molar-refractivity contribution is -0.0655. The van der Waals surface area contributed by atoms with Gasteiger partial charge < -0.3 is 8.83 Å². The van der Waals surface area contributed by atoms with Crippen molar-refractivity contribution in [1.82, 2.24) is 9.80 Å². The summed E-state index contributed by atoms with van der Waals surface area (Å²) in [5, 5.41) is 0. The molecule has 1 unspecified atom stereocenters. The molecule has 2 aromatic heterocycles. The van der Waals surface area contributed by atoms with E-state index in [2.05, 4.69) is 35.0 Å². The number of piperidine rings is 1. The van der Waals surface area contributed by atoms with Gasteiger partial charge in [0, 0.05) is 6.04 Å². The second-order valence-corrected chi connectivity index (χ2v) is 7.70. The first-order chi connectivity index (χ1) is 11.6. The molecule has 0 amide bonds. The molecule has 1 spiro atoms. The summed E-state index contributed by atoms with van der Waals surface area (Å²) in [7, 11) is 2.26. The van der Waals surface area contributed by atoms with Gasteiger partial charge in [-0.1, -0.05) is 0 Å². The van der Waals surface area contributed by atoms with Gasteiger partial charge in [0.1, 0.15) is 17.3 Å². The fourth-order valence-electron chi connectivity index (χ4n) is 4.66. The maximum absolute atomic E-state index is 5.74. The first kappa shape index (κ1) is 16.0. The van der Waals surface area contributed by atoms with Crippen molar-refractivity contribution >= 4 is 0 Å². The van der Waals surface area contributed by atoms with Crippen molar-refractivity contribution in [3.8, 4) is 0 Å². The van der Waals surface area contributed by atoms with Crippen molar-refractivity contribution in [1.29, 1.82) is 0 Å². The number of hydrogen-bond donors (Lipinski definition) is 0. The minimum absolute atomic E-state index is 0.525. The third-order valence-electron chi connectivity index (χ3n) is 6.17. The zero-order chi connectivity index (χ0) is 16.6. The number of rotatable bonds is 5. The van der Waals surface area contributed by atoms with E-state index in [1.54, 1.807) is 6.26 Å². The minimum Gasteiger partial charge on any atom is -0.468 e. The Morgan fingerprint density at radius 1 is 1.17 bits per heavy atom. The van der Waals surface area contributed by atoms with Crippen LogP contribution in [0.25, 0.3) is 0 Å². The highest BCUT2D eigenvalue weighted by Gasteiger charge is 2.49. The van der Waals surface area contributed by atoms with Crippen LogP contribution in [-0.2, 0) is 13.1 Å². The van der Waals surface area contributed by atoms with E-state index in [0.29, 0.717) is 11.5 Å². The zero-order valence-electron chi connectivity index (χ0n) is 14.8. The highest BCUT2D eigenvalue weighted by molar-refractivity contribution is 5.08. The van der Waals surface area contributed by atoms with E-state index >= 15 is 0 Å². The topological polar surface area (TPSA) is 32.8 Å². The normalized spacial score (nSPS) is 23.7. The predicted octanol–water partition coefficient (Wildman–Crippen LogP) is 4.06. The van der Waals surface area contributed by atoms with Gasteiger partial charge in [-0.25, -0.2) is 0 Å². The number of likely N-dealkylation sites (tertiary alicyclic amines) is 1. The van der Waals surface area contributed by atoms with Crippen LogP contribution in [0.15, 0.2) is 39.4 Å². The number of hydrogen-bond acceptors (Lipinski definition) is 4. The lowest BCUT2D eigenvalue weighted by Gasteiger charge is -2.56. The Bertz CT molecular complexity index is 653. The molecule has 2 fully saturated rings. The van der Waals surface area contributed by atoms with Crippen LogP contribution >= 0.6 is 0 Å². The molecular weight excluding hydrogens is 300 g/mol. The van der Waals surface area contributed by atoms with Crippen LogP contribution < -0.4 is 0 Å². The Labute approximate surface area is 144 Å². The smallest absolute Gasteiger partial charge is 0.118 e. The van der Waals surface area contributed by atoms with Gasteiger partial charge in [-0.15, -0.1) is 0 Å². The maximum Gasteiger partial charge on any atom is 0.118 e. The molecular formula is C20H28N2O2. The van der Waals surface area contributed by atoms with Gasteiger partial charge in [-0.05, 0) is 82.4 Å². The first-order valence-corrected chi connectivity index (χ1v) is 9.15. The van der Waals surface area contributed by atoms with Crippen LogP contribution in [-0.4, -0.2) is 36.0 Å². The monoisotopic (exact) mass is 328 g/mol. The SMILES string of the molecule is Cc1ccc(CN2CCC3(CCC3N(C)Cc3ccco3)CC2)o1. The lowest BCUT2D eigenvalue weighted by Crippen LogP contribution is -2.57. The molecule has 0 N–H and O–H groups in total. The minimum atomic E-state index is 0.525. The molecule has 1 saturated heterocycles. The molecule has 1 atom stereocenters. The predicted molar refractivity (Wildman–Crippen MR) is 93.6 cm³/mol. The summed E-state index contributed by atoms with van der Waals surface area (Å²) < 4.78 is 11.3. The molecule has 1 aliphatic carbocycles. The van der Waals surface area contributed by atoms with Gasteiger partial charge in [0.05, 0.1) is 19.4 Å². The average Bonchev–Trinajstić information content (AvgIpc) is 3.19. The quantitative estimate of drug-likeness (QED) is 0.829. The Hall–Kier alpha value is -1.52. The van der Waals surface area contributed by atoms with Gasteiger partial charge in [0.25, 0.3) is 0 Å². The summed E-state index contributed by atoms with van der Waals surface area (Å²) in [4.78, 5) is 5.05. The Morgan fingerprint density at radius 3 is 2.58 bits per heavy atom. The molecule has 0 radical (unpaired) electrons. The molecule has 4 rings (SSSR count). The molecule has 0 aromatic carbocycles. The van der Waals surface area contributed by atoms with Crippen molar-refractivity contribution in [3.05, 3.63) is 47.8 Å². The Kier molecular flexibility index (Phi) is 4.27. The number of aryl methyl sites for hydroxylation is 1. The molecule has 1 saturated carbocycles. The van der Waals surface area contributed by atoms with Crippen LogP contribution in [0.5, 0.6) is 0 Å². The van der Waals surface area contributed by atoms with Crippen LogP contribution in [0.1, 0.15) is 43.0 Å². The van der Waals surface area contributed by atoms with Crippen molar-refractivity contribution in [2.75, 3.05) is 20.1 Å². The molecule has 1 aliphatic heterocycles. The van der Waals surface area contributed by atoms with Gasteiger partial charge in [-0.2, -0.15) is 0 Å². The van der Waals surface area contributed by atoms with Gasteiger partial charge in [-0.3, -0.25) is 9.80 Å². The summed E-state index contributed by atoms with van der Waals surface area (Å²) in [5.41, 5.74) is 0.525. The molecule has 2 aliphatic rings. The van der Waals surface area contributed by atoms with E-state index in [0.717, 1.165) is 30.4 Å². The van der Waals surface area contributed by atoms with E-state index < -0.39 is 0 Å². The van der Waals surface area contributed by atoms with Crippen LogP contribution in [0, 0.1) is 12.3 Å². The fraction of sp³-hybridized carbons (Fsp3) is 0.600. The average molecular weight is 328 g/mol. The Balaban J connectivity index is 1.32. The molecule has 130 valence electrons. The summed E-state index contributed by atoms with van der Waals surface area (Å²) >= 11 is 0. The van der Waals surface area contributed by atoms with Gasteiger partial charge >= 0.3 is 0 Å². The lowest BCUT2D eigenvalue weighted by atomic mass is 9.59. The summed E-state index contributed by atoms with van der Waals surface area (Å²) in [6, 6.07) is 8.94. The number of nitrogens with zero attached hydrogens (tertiary/aromatic N) is 2. The van der Waals surface area contributed by atoms with E-state index in [1.807, 2.05) is 13.0 Å². The first-order valence-electron chi connectivity index (χ1n) is 9.15. The van der Waals surface area contributed by atoms with Crippen molar-refractivity contribution in [2.24, 2.45) is 5.41 Å². The number of furan rings is 2. The van der Waals surface area contributed by atoms with E-state index in [4.69, 9.17) is 8.83 Å². The summed E-state index contributed by atoms with van der Waals surface area (Å²) in [5.74, 6) is 3.19. The van der Waals surface area contributed by atoms with E-state index in [9.17, 15) is 0 Å². The molecule has 4 nitrogen and oxygen atoms in total. The van der Waals surface area contributed by atoms with E-state index in [1.165, 1.54) is 38.8 Å². The second-order valence-electron chi connectivity index (χ2n) is 7.70. The highest BCUT2D eigenvalue weighted by atomic mass is 16.3. The van der Waals surface area contributed by atoms with Crippen LogP contribution in [0.4, 0.5) is 0 Å². The van der Waals surface area contributed by atoms with Crippen LogP contribution in [0.3, 0.4) is 0 Å². The third-order valence-corrected chi connectivity index (χ3v) is 6.17. The van der Waals surface area contributed by atoms with Crippen molar-refractivity contribution in [2.45, 2.75) is 51.7 Å². The molecule has 3 heterocycles. The standard InChI is InChI=1S/C20H28N2O2/c1-16-5-6-18(24-16)15-22-11-9-20(10-12-22)8-7-19(20)21(2)14-17-4-3-13-23-17/h3-6,13,19H,7-12,14-15H2,1-2H3. The van der Waals surface area contributed by atoms with Crippen molar-refractivity contribution in [3.63, 3.8) is 0 Å². The van der Waals surface area contributed by atoms with Crippen LogP contribution in [0.2, 0.25) is 0 Å². The summed E-state index contributed by atoms with van der Waals surface area (Å²) in [6.07, 6.45) is 7.09. The largest absolute Gasteiger partial charge is 0.468 e. The molecule has 4 heteroatoms. The maximum atomic E-state index is 5.74. The van der Waals surface area contributed by atoms with E-state index in [-0.39, 0.29) is 0 Å². The van der Waals surface area contributed by atoms with Gasteiger partial charge in [0.15, 0.2) is 0 Å². The molecule has 2 aromatic rings. The molecule has 0 bridgehead atoms.